The first kappa shape index (κ1) is 26.1. The molecule has 1 aliphatic heterocycles. The van der Waals surface area contributed by atoms with E-state index in [0.29, 0.717) is 36.8 Å². The zero-order chi connectivity index (χ0) is 25.2. The molecule has 0 atom stereocenters. The molecule has 3 rings (SSSR count). The van der Waals surface area contributed by atoms with Gasteiger partial charge in [0.15, 0.2) is 5.84 Å². The summed E-state index contributed by atoms with van der Waals surface area (Å²) in [6.45, 7) is 7.73. The Labute approximate surface area is 207 Å². The summed E-state index contributed by atoms with van der Waals surface area (Å²) in [5, 5.41) is 7.43. The van der Waals surface area contributed by atoms with Crippen molar-refractivity contribution in [1.82, 2.24) is 4.90 Å². The van der Waals surface area contributed by atoms with Crippen molar-refractivity contribution in [3.05, 3.63) is 52.6 Å². The molecule has 0 bridgehead atoms. The van der Waals surface area contributed by atoms with E-state index in [1.54, 1.807) is 0 Å². The predicted molar refractivity (Wildman–Crippen MR) is 139 cm³/mol. The van der Waals surface area contributed by atoms with Gasteiger partial charge in [-0.2, -0.15) is 0 Å². The van der Waals surface area contributed by atoms with Gasteiger partial charge in [0, 0.05) is 30.6 Å². The van der Waals surface area contributed by atoms with Crippen LogP contribution in [0.1, 0.15) is 70.4 Å². The molecule has 2 N–H and O–H groups in total. The summed E-state index contributed by atoms with van der Waals surface area (Å²) in [6, 6.07) is 6.02. The summed E-state index contributed by atoms with van der Waals surface area (Å²) in [5.41, 5.74) is 5.31. The molecule has 1 aromatic rings. The van der Waals surface area contributed by atoms with Gasteiger partial charge in [0.25, 0.3) is 0 Å². The second-order valence-corrected chi connectivity index (χ2v) is 8.62. The van der Waals surface area contributed by atoms with Gasteiger partial charge in [0.05, 0.1) is 18.7 Å². The lowest BCUT2D eigenvalue weighted by molar-refractivity contribution is -0.142. The predicted octanol–water partition coefficient (Wildman–Crippen LogP) is 5.54. The fourth-order valence-corrected chi connectivity index (χ4v) is 4.37. The molecule has 1 heterocycles. The average Bonchev–Trinajstić information content (AvgIpc) is 3.02. The first-order chi connectivity index (χ1) is 17.0. The molecule has 1 amide bonds. The minimum atomic E-state index is -0.220. The van der Waals surface area contributed by atoms with Crippen molar-refractivity contribution in [2.45, 2.75) is 59.3 Å². The Hall–Kier alpha value is -3.55. The van der Waals surface area contributed by atoms with E-state index in [4.69, 9.17) is 15.6 Å². The standard InChI is InChI=1S/C27H35N5O3/c1-4-12-32(13-5-2)27(34)23-16-22-11-10-21(17-24(22)29-25(18-23)30-31-28)20-9-7-8-19(14-20)15-26(33)35-6-3/h8,10-11,14,16-17H,4-7,9,12-13,15,18H2,1-3H3,(H2,28,29,30). The first-order valence-electron chi connectivity index (χ1n) is 12.4. The summed E-state index contributed by atoms with van der Waals surface area (Å²) in [7, 11) is 0. The van der Waals surface area contributed by atoms with Crippen LogP contribution >= 0.6 is 0 Å². The maximum absolute atomic E-state index is 13.3. The molecule has 2 aliphatic rings. The highest BCUT2D eigenvalue weighted by Gasteiger charge is 2.22. The molecule has 8 nitrogen and oxygen atoms in total. The summed E-state index contributed by atoms with van der Waals surface area (Å²) in [5.74, 6) is 5.51. The molecule has 186 valence electrons. The van der Waals surface area contributed by atoms with Crippen LogP contribution in [-0.4, -0.2) is 42.3 Å². The van der Waals surface area contributed by atoms with Crippen molar-refractivity contribution in [2.75, 3.05) is 19.7 Å². The maximum Gasteiger partial charge on any atom is 0.310 e. The number of nitrogens with zero attached hydrogens (tertiary/aromatic N) is 4. The lowest BCUT2D eigenvalue weighted by atomic mass is 9.91. The second-order valence-electron chi connectivity index (χ2n) is 8.62. The van der Waals surface area contributed by atoms with E-state index in [-0.39, 0.29) is 24.7 Å². The average molecular weight is 478 g/mol. The van der Waals surface area contributed by atoms with Crippen molar-refractivity contribution in [3.63, 3.8) is 0 Å². The molecular formula is C27H35N5O3. The number of nitrogens with two attached hydrogens (primary N) is 1. The number of aliphatic imine (C=N–C) groups is 1. The number of benzene rings is 1. The molecule has 0 fully saturated rings. The van der Waals surface area contributed by atoms with Gasteiger partial charge >= 0.3 is 5.97 Å². The van der Waals surface area contributed by atoms with E-state index in [1.165, 1.54) is 0 Å². The van der Waals surface area contributed by atoms with Crippen LogP contribution in [0.3, 0.4) is 0 Å². The molecule has 0 radical (unpaired) electrons. The van der Waals surface area contributed by atoms with E-state index in [1.807, 2.05) is 36.1 Å². The van der Waals surface area contributed by atoms with Crippen LogP contribution < -0.4 is 5.84 Å². The normalized spacial score (nSPS) is 15.4. The number of hydrogen-bond donors (Lipinski definition) is 1. The number of amides is 1. The number of carbonyl (C=O) groups is 2. The molecule has 0 saturated heterocycles. The smallest absolute Gasteiger partial charge is 0.310 e. The number of carbonyl (C=O) groups excluding carboxylic acids is 2. The number of hydrogen-bond acceptors (Lipinski definition) is 6. The number of esters is 1. The number of amidine groups is 1. The molecule has 0 saturated carbocycles. The van der Waals surface area contributed by atoms with E-state index in [2.05, 4.69) is 36.3 Å². The molecule has 1 aromatic carbocycles. The Morgan fingerprint density at radius 1 is 1.14 bits per heavy atom. The van der Waals surface area contributed by atoms with Crippen molar-refractivity contribution < 1.29 is 14.3 Å². The van der Waals surface area contributed by atoms with E-state index in [9.17, 15) is 9.59 Å². The highest BCUT2D eigenvalue weighted by atomic mass is 16.5. The second kappa shape index (κ2) is 12.8. The minimum Gasteiger partial charge on any atom is -0.466 e. The Morgan fingerprint density at radius 3 is 2.60 bits per heavy atom. The Balaban J connectivity index is 1.95. The van der Waals surface area contributed by atoms with Gasteiger partial charge in [-0.1, -0.05) is 43.4 Å². The van der Waals surface area contributed by atoms with Gasteiger partial charge in [-0.25, -0.2) is 4.99 Å². The van der Waals surface area contributed by atoms with Crippen molar-refractivity contribution in [1.29, 1.82) is 0 Å². The zero-order valence-corrected chi connectivity index (χ0v) is 20.9. The summed E-state index contributed by atoms with van der Waals surface area (Å²) in [4.78, 5) is 31.8. The molecule has 8 heteroatoms. The van der Waals surface area contributed by atoms with Crippen LogP contribution in [0.15, 0.2) is 56.8 Å². The molecule has 0 spiro atoms. The van der Waals surface area contributed by atoms with Crippen LogP contribution in [0.4, 0.5) is 5.69 Å². The van der Waals surface area contributed by atoms with Gasteiger partial charge in [-0.15, -0.1) is 5.11 Å². The quantitative estimate of drug-likeness (QED) is 0.218. The van der Waals surface area contributed by atoms with E-state index in [0.717, 1.165) is 48.0 Å². The van der Waals surface area contributed by atoms with E-state index >= 15 is 0 Å². The molecular weight excluding hydrogens is 442 g/mol. The molecule has 0 unspecified atom stereocenters. The Morgan fingerprint density at radius 2 is 1.91 bits per heavy atom. The van der Waals surface area contributed by atoms with Crippen LogP contribution in [-0.2, 0) is 14.3 Å². The number of rotatable bonds is 9. The van der Waals surface area contributed by atoms with Crippen molar-refractivity contribution in [3.8, 4) is 0 Å². The fraction of sp³-hybridized carbons (Fsp3) is 0.444. The zero-order valence-electron chi connectivity index (χ0n) is 20.9. The lowest BCUT2D eigenvalue weighted by Crippen LogP contribution is -2.34. The van der Waals surface area contributed by atoms with Crippen molar-refractivity contribution >= 4 is 35.0 Å². The maximum atomic E-state index is 13.3. The van der Waals surface area contributed by atoms with Crippen LogP contribution in [0.2, 0.25) is 0 Å². The van der Waals surface area contributed by atoms with Gasteiger partial charge < -0.3 is 15.5 Å². The van der Waals surface area contributed by atoms with Crippen LogP contribution in [0.5, 0.6) is 0 Å². The van der Waals surface area contributed by atoms with Gasteiger partial charge in [0.2, 0.25) is 5.91 Å². The fourth-order valence-electron chi connectivity index (χ4n) is 4.37. The highest BCUT2D eigenvalue weighted by Crippen LogP contribution is 2.34. The van der Waals surface area contributed by atoms with Crippen LogP contribution in [0, 0.1) is 0 Å². The summed E-state index contributed by atoms with van der Waals surface area (Å²) < 4.78 is 5.09. The largest absolute Gasteiger partial charge is 0.466 e. The molecule has 1 aliphatic carbocycles. The number of fused-ring (bicyclic) bond motifs is 1. The first-order valence-corrected chi connectivity index (χ1v) is 12.4. The number of allylic oxidation sites excluding steroid dienone is 3. The third-order valence-corrected chi connectivity index (χ3v) is 5.88. The Bertz CT molecular complexity index is 1090. The number of ether oxygens (including phenoxy) is 1. The van der Waals surface area contributed by atoms with Crippen molar-refractivity contribution in [2.24, 2.45) is 21.2 Å². The van der Waals surface area contributed by atoms with Crippen LogP contribution in [0.25, 0.3) is 11.6 Å². The highest BCUT2D eigenvalue weighted by molar-refractivity contribution is 6.06. The SMILES string of the molecule is CCCN(CCC)C(=O)C1=Cc2ccc(C3=CC(CC(=O)OCC)=CCC3)cc2N=C(N=NN)C1. The van der Waals surface area contributed by atoms with Gasteiger partial charge in [0.1, 0.15) is 0 Å². The molecule has 35 heavy (non-hydrogen) atoms. The third kappa shape index (κ3) is 6.97. The summed E-state index contributed by atoms with van der Waals surface area (Å²) >= 11 is 0. The van der Waals surface area contributed by atoms with Gasteiger partial charge in [-0.05, 0) is 61.5 Å². The molecule has 0 aromatic heterocycles. The summed E-state index contributed by atoms with van der Waals surface area (Å²) in [6.07, 6.45) is 10.1. The lowest BCUT2D eigenvalue weighted by Gasteiger charge is -2.22. The Kier molecular flexibility index (Phi) is 9.52. The third-order valence-electron chi connectivity index (χ3n) is 5.88. The topological polar surface area (TPSA) is 110 Å². The van der Waals surface area contributed by atoms with Gasteiger partial charge in [-0.3, -0.25) is 9.59 Å². The van der Waals surface area contributed by atoms with E-state index < -0.39 is 0 Å². The monoisotopic (exact) mass is 477 g/mol. The minimum absolute atomic E-state index is 0.00530.